The van der Waals surface area contributed by atoms with Gasteiger partial charge in [-0.3, -0.25) is 0 Å². The van der Waals surface area contributed by atoms with E-state index in [1.165, 1.54) is 12.3 Å². The van der Waals surface area contributed by atoms with E-state index in [-0.39, 0.29) is 10.7 Å². The Hall–Kier alpha value is -1.60. The third kappa shape index (κ3) is 3.10. The van der Waals surface area contributed by atoms with Gasteiger partial charge >= 0.3 is 6.18 Å². The molecule has 2 aromatic rings. The van der Waals surface area contributed by atoms with E-state index < -0.39 is 17.8 Å². The zero-order valence-electron chi connectivity index (χ0n) is 10.4. The van der Waals surface area contributed by atoms with Crippen LogP contribution in [0.5, 0.6) is 0 Å². The molecule has 0 aliphatic rings. The first-order chi connectivity index (χ1) is 9.31. The van der Waals surface area contributed by atoms with Crippen molar-refractivity contribution in [1.82, 2.24) is 15.0 Å². The molecule has 2 rings (SSSR count). The number of aliphatic hydroxyl groups excluding tert-OH is 1. The highest BCUT2D eigenvalue weighted by Crippen LogP contribution is 2.32. The SMILES string of the molecule is CCC(O)c1cn(-c2cc(Cl)cc(C(F)(F)F)c2)nn1. The standard InChI is InChI=1S/C12H11ClF3N3O/c1-2-11(20)10-6-19(18-17-10)9-4-7(12(14,15)16)3-8(13)5-9/h3-6,11,20H,2H2,1H3. The number of alkyl halides is 3. The van der Waals surface area contributed by atoms with Gasteiger partial charge in [0.15, 0.2) is 0 Å². The van der Waals surface area contributed by atoms with E-state index >= 15 is 0 Å². The zero-order chi connectivity index (χ0) is 14.9. The maximum absolute atomic E-state index is 12.7. The van der Waals surface area contributed by atoms with E-state index in [9.17, 15) is 18.3 Å². The van der Waals surface area contributed by atoms with Crippen LogP contribution < -0.4 is 0 Å². The second kappa shape index (κ2) is 5.41. The molecule has 1 heterocycles. The van der Waals surface area contributed by atoms with Gasteiger partial charge in [0.2, 0.25) is 0 Å². The molecule has 1 unspecified atom stereocenters. The van der Waals surface area contributed by atoms with Crippen LogP contribution in [0, 0.1) is 0 Å². The number of nitrogens with zero attached hydrogens (tertiary/aromatic N) is 3. The van der Waals surface area contributed by atoms with Gasteiger partial charge in [-0.25, -0.2) is 4.68 Å². The fourth-order valence-electron chi connectivity index (χ4n) is 1.63. The molecule has 8 heteroatoms. The van der Waals surface area contributed by atoms with Crippen molar-refractivity contribution < 1.29 is 18.3 Å². The molecule has 0 aliphatic carbocycles. The van der Waals surface area contributed by atoms with Crippen LogP contribution in [-0.4, -0.2) is 20.1 Å². The van der Waals surface area contributed by atoms with Crippen LogP contribution in [-0.2, 0) is 6.18 Å². The predicted molar refractivity (Wildman–Crippen MR) is 66.6 cm³/mol. The summed E-state index contributed by atoms with van der Waals surface area (Å²) in [5, 5.41) is 17.0. The summed E-state index contributed by atoms with van der Waals surface area (Å²) in [6, 6.07) is 3.10. The fraction of sp³-hybridized carbons (Fsp3) is 0.333. The topological polar surface area (TPSA) is 50.9 Å². The normalized spacial score (nSPS) is 13.5. The molecule has 0 saturated carbocycles. The van der Waals surface area contributed by atoms with Gasteiger partial charge in [0.1, 0.15) is 5.69 Å². The van der Waals surface area contributed by atoms with Crippen LogP contribution >= 0.6 is 11.6 Å². The van der Waals surface area contributed by atoms with Crippen LogP contribution in [0.3, 0.4) is 0 Å². The highest BCUT2D eigenvalue weighted by Gasteiger charge is 2.31. The number of hydrogen-bond donors (Lipinski definition) is 1. The molecule has 4 nitrogen and oxygen atoms in total. The number of benzene rings is 1. The Bertz CT molecular complexity index is 612. The number of aliphatic hydroxyl groups is 1. The van der Waals surface area contributed by atoms with E-state index in [2.05, 4.69) is 10.3 Å². The van der Waals surface area contributed by atoms with Crippen molar-refractivity contribution in [3.8, 4) is 5.69 Å². The van der Waals surface area contributed by atoms with Gasteiger partial charge < -0.3 is 5.11 Å². The Kier molecular flexibility index (Phi) is 4.01. The summed E-state index contributed by atoms with van der Waals surface area (Å²) in [6.07, 6.45) is -3.49. The molecule has 0 aliphatic heterocycles. The second-order valence-electron chi connectivity index (χ2n) is 4.21. The second-order valence-corrected chi connectivity index (χ2v) is 4.64. The minimum atomic E-state index is -4.49. The summed E-state index contributed by atoms with van der Waals surface area (Å²) >= 11 is 5.69. The summed E-state index contributed by atoms with van der Waals surface area (Å²) in [5.41, 5.74) is -0.444. The monoisotopic (exact) mass is 305 g/mol. The summed E-state index contributed by atoms with van der Waals surface area (Å²) < 4.78 is 39.3. The minimum absolute atomic E-state index is 0.0529. The largest absolute Gasteiger partial charge is 0.416 e. The maximum atomic E-state index is 12.7. The average Bonchev–Trinajstić information content (AvgIpc) is 2.85. The number of halogens is 4. The van der Waals surface area contributed by atoms with Crippen molar-refractivity contribution in [2.24, 2.45) is 0 Å². The Morgan fingerprint density at radius 1 is 1.35 bits per heavy atom. The van der Waals surface area contributed by atoms with Gasteiger partial charge in [0.25, 0.3) is 0 Å². The lowest BCUT2D eigenvalue weighted by atomic mass is 10.2. The summed E-state index contributed by atoms with van der Waals surface area (Å²) in [4.78, 5) is 0. The molecule has 1 aromatic carbocycles. The van der Waals surface area contributed by atoms with E-state index in [0.717, 1.165) is 16.8 Å². The van der Waals surface area contributed by atoms with E-state index in [1.807, 2.05) is 0 Å². The Morgan fingerprint density at radius 3 is 2.65 bits per heavy atom. The average molecular weight is 306 g/mol. The maximum Gasteiger partial charge on any atom is 0.416 e. The van der Waals surface area contributed by atoms with Crippen LogP contribution in [0.15, 0.2) is 24.4 Å². The van der Waals surface area contributed by atoms with E-state index in [4.69, 9.17) is 11.6 Å². The smallest absolute Gasteiger partial charge is 0.387 e. The predicted octanol–water partition coefficient (Wildman–Crippen LogP) is 3.38. The molecule has 0 radical (unpaired) electrons. The molecule has 0 fully saturated rings. The summed E-state index contributed by atoms with van der Waals surface area (Å²) in [6.45, 7) is 1.75. The minimum Gasteiger partial charge on any atom is -0.387 e. The lowest BCUT2D eigenvalue weighted by Gasteiger charge is -2.09. The molecule has 0 saturated heterocycles. The van der Waals surface area contributed by atoms with Crippen molar-refractivity contribution in [3.63, 3.8) is 0 Å². The molecule has 1 aromatic heterocycles. The Labute approximate surface area is 117 Å². The molecular weight excluding hydrogens is 295 g/mol. The molecule has 0 bridgehead atoms. The molecule has 0 spiro atoms. The van der Waals surface area contributed by atoms with Crippen LogP contribution in [0.2, 0.25) is 5.02 Å². The molecule has 0 amide bonds. The lowest BCUT2D eigenvalue weighted by Crippen LogP contribution is -2.06. The first kappa shape index (κ1) is 14.8. The van der Waals surface area contributed by atoms with Gasteiger partial charge in [0, 0.05) is 5.02 Å². The summed E-state index contributed by atoms with van der Waals surface area (Å²) in [5.74, 6) is 0. The van der Waals surface area contributed by atoms with Crippen molar-refractivity contribution in [2.75, 3.05) is 0 Å². The van der Waals surface area contributed by atoms with Crippen molar-refractivity contribution >= 4 is 11.6 Å². The first-order valence-electron chi connectivity index (χ1n) is 5.79. The number of aromatic nitrogens is 3. The van der Waals surface area contributed by atoms with Gasteiger partial charge in [-0.1, -0.05) is 23.7 Å². The van der Waals surface area contributed by atoms with Crippen molar-refractivity contribution in [3.05, 3.63) is 40.7 Å². The van der Waals surface area contributed by atoms with Gasteiger partial charge in [-0.15, -0.1) is 5.10 Å². The van der Waals surface area contributed by atoms with E-state index in [0.29, 0.717) is 12.1 Å². The Balaban J connectivity index is 2.42. The third-order valence-electron chi connectivity index (χ3n) is 2.71. The highest BCUT2D eigenvalue weighted by molar-refractivity contribution is 6.30. The van der Waals surface area contributed by atoms with Crippen LogP contribution in [0.25, 0.3) is 5.69 Å². The van der Waals surface area contributed by atoms with Crippen LogP contribution in [0.4, 0.5) is 13.2 Å². The quantitative estimate of drug-likeness (QED) is 0.945. The van der Waals surface area contributed by atoms with Gasteiger partial charge in [-0.2, -0.15) is 13.2 Å². The molecule has 1 atom stereocenters. The number of rotatable bonds is 3. The highest BCUT2D eigenvalue weighted by atomic mass is 35.5. The van der Waals surface area contributed by atoms with Crippen molar-refractivity contribution in [1.29, 1.82) is 0 Å². The van der Waals surface area contributed by atoms with E-state index in [1.54, 1.807) is 6.92 Å². The van der Waals surface area contributed by atoms with Crippen LogP contribution in [0.1, 0.15) is 30.7 Å². The molecule has 1 N–H and O–H groups in total. The number of hydrogen-bond acceptors (Lipinski definition) is 3. The molecule has 108 valence electrons. The Morgan fingerprint density at radius 2 is 2.05 bits per heavy atom. The first-order valence-corrected chi connectivity index (χ1v) is 6.17. The van der Waals surface area contributed by atoms with Crippen molar-refractivity contribution in [2.45, 2.75) is 25.6 Å². The zero-order valence-corrected chi connectivity index (χ0v) is 11.2. The summed E-state index contributed by atoms with van der Waals surface area (Å²) in [7, 11) is 0. The third-order valence-corrected chi connectivity index (χ3v) is 2.93. The fourth-order valence-corrected chi connectivity index (χ4v) is 1.86. The molecule has 20 heavy (non-hydrogen) atoms. The lowest BCUT2D eigenvalue weighted by molar-refractivity contribution is -0.137. The van der Waals surface area contributed by atoms with Gasteiger partial charge in [-0.05, 0) is 24.6 Å². The molecular formula is C12H11ClF3N3O. The van der Waals surface area contributed by atoms with Gasteiger partial charge in [0.05, 0.1) is 23.6 Å².